The number of hydrogen-bond donors (Lipinski definition) is 1. The molecule has 0 amide bonds. The normalized spacial score (nSPS) is 12.8. The number of halogens is 2. The molecule has 0 aliphatic carbocycles. The van der Waals surface area contributed by atoms with Crippen molar-refractivity contribution in [1.29, 1.82) is 0 Å². The lowest BCUT2D eigenvalue weighted by atomic mass is 10.1. The van der Waals surface area contributed by atoms with E-state index in [9.17, 15) is 0 Å². The van der Waals surface area contributed by atoms with Crippen molar-refractivity contribution in [3.05, 3.63) is 41.1 Å². The van der Waals surface area contributed by atoms with Crippen LogP contribution in [0.5, 0.6) is 0 Å². The number of likely N-dealkylation sites (N-methyl/N-ethyl adjacent to an activating group) is 1. The monoisotopic (exact) mass is 421 g/mol. The molecule has 104 valence electrons. The van der Waals surface area contributed by atoms with Crippen molar-refractivity contribution in [3.8, 4) is 0 Å². The van der Waals surface area contributed by atoms with E-state index in [2.05, 4.69) is 69.2 Å². The van der Waals surface area contributed by atoms with E-state index < -0.39 is 0 Å². The fourth-order valence-corrected chi connectivity index (χ4v) is 5.15. The van der Waals surface area contributed by atoms with Crippen LogP contribution in [-0.2, 0) is 12.8 Å². The van der Waals surface area contributed by atoms with Crippen LogP contribution in [-0.4, -0.2) is 6.54 Å². The van der Waals surface area contributed by atoms with Gasteiger partial charge in [0.1, 0.15) is 0 Å². The summed E-state index contributed by atoms with van der Waals surface area (Å²) >= 11 is 10.9. The van der Waals surface area contributed by atoms with Gasteiger partial charge < -0.3 is 5.32 Å². The van der Waals surface area contributed by atoms with E-state index in [4.69, 9.17) is 0 Å². The third kappa shape index (κ3) is 4.14. The number of nitrogens with one attached hydrogen (secondary N) is 1. The average molecular weight is 423 g/mol. The first kappa shape index (κ1) is 15.7. The summed E-state index contributed by atoms with van der Waals surface area (Å²) in [7, 11) is 0. The highest BCUT2D eigenvalue weighted by atomic mass is 79.9. The molecule has 0 saturated carbocycles. The molecule has 0 saturated heterocycles. The fraction of sp³-hybridized carbons (Fsp3) is 0.429. The Morgan fingerprint density at radius 3 is 2.42 bits per heavy atom. The zero-order chi connectivity index (χ0) is 13.8. The molecule has 2 rings (SSSR count). The number of thiophene rings is 2. The molecule has 19 heavy (non-hydrogen) atoms. The Labute approximate surface area is 139 Å². The molecular formula is C14H17Br2NS2. The Hall–Kier alpha value is 0.320. The third-order valence-corrected chi connectivity index (χ3v) is 7.55. The van der Waals surface area contributed by atoms with Crippen LogP contribution >= 0.6 is 54.5 Å². The molecule has 5 heteroatoms. The molecule has 0 aliphatic rings. The predicted octanol–water partition coefficient (Wildman–Crippen LogP) is 5.79. The molecule has 0 fully saturated rings. The van der Waals surface area contributed by atoms with Crippen LogP contribution < -0.4 is 5.32 Å². The molecule has 1 atom stereocenters. The van der Waals surface area contributed by atoms with E-state index in [1.165, 1.54) is 18.4 Å². The second-order valence-electron chi connectivity index (χ2n) is 4.31. The molecular weight excluding hydrogens is 406 g/mol. The van der Waals surface area contributed by atoms with Gasteiger partial charge in [-0.3, -0.25) is 0 Å². The summed E-state index contributed by atoms with van der Waals surface area (Å²) in [6.07, 6.45) is 2.20. The van der Waals surface area contributed by atoms with Crippen LogP contribution in [0.25, 0.3) is 0 Å². The maximum atomic E-state index is 3.59. The van der Waals surface area contributed by atoms with Crippen molar-refractivity contribution in [3.63, 3.8) is 0 Å². The van der Waals surface area contributed by atoms with Crippen LogP contribution in [0.4, 0.5) is 0 Å². The smallest absolute Gasteiger partial charge is 0.0843 e. The topological polar surface area (TPSA) is 12.0 Å². The summed E-state index contributed by atoms with van der Waals surface area (Å²) < 4.78 is 2.32. The Morgan fingerprint density at radius 1 is 1.16 bits per heavy atom. The Kier molecular flexibility index (Phi) is 6.09. The lowest BCUT2D eigenvalue weighted by molar-refractivity contribution is 0.561. The van der Waals surface area contributed by atoms with Crippen LogP contribution in [0.15, 0.2) is 26.5 Å². The molecule has 2 heterocycles. The van der Waals surface area contributed by atoms with E-state index in [0.29, 0.717) is 6.04 Å². The van der Waals surface area contributed by atoms with Gasteiger partial charge in [-0.2, -0.15) is 0 Å². The highest BCUT2D eigenvalue weighted by molar-refractivity contribution is 9.13. The first-order valence-electron chi connectivity index (χ1n) is 6.39. The summed E-state index contributed by atoms with van der Waals surface area (Å²) in [4.78, 5) is 4.31. The van der Waals surface area contributed by atoms with Crippen LogP contribution in [0, 0.1) is 0 Å². The Morgan fingerprint density at radius 2 is 1.89 bits per heavy atom. The first-order valence-corrected chi connectivity index (χ1v) is 9.61. The van der Waals surface area contributed by atoms with Gasteiger partial charge in [0, 0.05) is 31.6 Å². The van der Waals surface area contributed by atoms with E-state index in [0.717, 1.165) is 23.9 Å². The van der Waals surface area contributed by atoms with Crippen molar-refractivity contribution in [1.82, 2.24) is 5.32 Å². The predicted molar refractivity (Wildman–Crippen MR) is 93.5 cm³/mol. The van der Waals surface area contributed by atoms with Gasteiger partial charge in [0.15, 0.2) is 0 Å². The second-order valence-corrected chi connectivity index (χ2v) is 8.82. The van der Waals surface area contributed by atoms with Crippen LogP contribution in [0.3, 0.4) is 0 Å². The van der Waals surface area contributed by atoms with Crippen LogP contribution in [0.1, 0.15) is 34.5 Å². The van der Waals surface area contributed by atoms with Gasteiger partial charge in [-0.05, 0) is 63.0 Å². The van der Waals surface area contributed by atoms with Gasteiger partial charge >= 0.3 is 0 Å². The van der Waals surface area contributed by atoms with Gasteiger partial charge in [0.25, 0.3) is 0 Å². The molecule has 1 nitrogen and oxygen atoms in total. The molecule has 0 bridgehead atoms. The number of aryl methyl sites for hydroxylation is 1. The fourth-order valence-electron chi connectivity index (χ4n) is 1.98. The Balaban J connectivity index is 2.15. The highest BCUT2D eigenvalue weighted by Gasteiger charge is 2.16. The van der Waals surface area contributed by atoms with Gasteiger partial charge in [-0.15, -0.1) is 22.7 Å². The minimum absolute atomic E-state index is 0.404. The molecule has 1 unspecified atom stereocenters. The maximum Gasteiger partial charge on any atom is 0.0843 e. The average Bonchev–Trinajstić information content (AvgIpc) is 2.97. The van der Waals surface area contributed by atoms with Crippen molar-refractivity contribution >= 4 is 54.5 Å². The summed E-state index contributed by atoms with van der Waals surface area (Å²) in [5.41, 5.74) is 0. The lowest BCUT2D eigenvalue weighted by Crippen LogP contribution is -2.21. The largest absolute Gasteiger partial charge is 0.309 e. The van der Waals surface area contributed by atoms with Crippen molar-refractivity contribution in [2.24, 2.45) is 0 Å². The number of rotatable bonds is 6. The Bertz CT molecular complexity index is 514. The highest BCUT2D eigenvalue weighted by Crippen LogP contribution is 2.37. The van der Waals surface area contributed by atoms with Crippen molar-refractivity contribution < 1.29 is 0 Å². The molecule has 0 aromatic carbocycles. The molecule has 1 N–H and O–H groups in total. The van der Waals surface area contributed by atoms with Gasteiger partial charge in [-0.25, -0.2) is 0 Å². The minimum Gasteiger partial charge on any atom is -0.309 e. The van der Waals surface area contributed by atoms with Crippen molar-refractivity contribution in [2.75, 3.05) is 6.54 Å². The van der Waals surface area contributed by atoms with Gasteiger partial charge in [-0.1, -0.05) is 13.8 Å². The summed E-state index contributed by atoms with van der Waals surface area (Å²) in [5.74, 6) is 0. The molecule has 0 radical (unpaired) electrons. The van der Waals surface area contributed by atoms with Gasteiger partial charge in [0.2, 0.25) is 0 Å². The molecule has 0 aliphatic heterocycles. The van der Waals surface area contributed by atoms with E-state index in [1.54, 1.807) is 11.3 Å². The lowest BCUT2D eigenvalue weighted by Gasteiger charge is -2.15. The molecule has 2 aromatic heterocycles. The van der Waals surface area contributed by atoms with E-state index >= 15 is 0 Å². The van der Waals surface area contributed by atoms with Crippen LogP contribution in [0.2, 0.25) is 0 Å². The molecule has 0 spiro atoms. The molecule has 2 aromatic rings. The third-order valence-electron chi connectivity index (χ3n) is 2.93. The number of hydrogen-bond acceptors (Lipinski definition) is 3. The van der Waals surface area contributed by atoms with Gasteiger partial charge in [0.05, 0.1) is 3.79 Å². The maximum absolute atomic E-state index is 3.59. The second kappa shape index (κ2) is 7.36. The van der Waals surface area contributed by atoms with E-state index in [1.807, 2.05) is 11.3 Å². The SMILES string of the molecule is CCNC(Cc1ccc(CC)s1)c1cc(Br)c(Br)s1. The zero-order valence-electron chi connectivity index (χ0n) is 11.0. The zero-order valence-corrected chi connectivity index (χ0v) is 15.8. The van der Waals surface area contributed by atoms with E-state index in [-0.39, 0.29) is 0 Å². The standard InChI is InChI=1S/C14H17Br2NS2/c1-3-9-5-6-10(18-9)7-12(17-4-2)13-8-11(15)14(16)19-13/h5-6,8,12,17H,3-4,7H2,1-2H3. The summed E-state index contributed by atoms with van der Waals surface area (Å²) in [6, 6.07) is 7.14. The minimum atomic E-state index is 0.404. The first-order chi connectivity index (χ1) is 9.13. The summed E-state index contributed by atoms with van der Waals surface area (Å²) in [5, 5.41) is 3.59. The quantitative estimate of drug-likeness (QED) is 0.620. The van der Waals surface area contributed by atoms with Crippen molar-refractivity contribution in [2.45, 2.75) is 32.7 Å². The summed E-state index contributed by atoms with van der Waals surface area (Å²) in [6.45, 7) is 5.37.